The number of aldehydes is 1. The Morgan fingerprint density at radius 1 is 1.16 bits per heavy atom. The molecule has 0 N–H and O–H groups in total. The molecule has 0 fully saturated rings. The van der Waals surface area contributed by atoms with Crippen molar-refractivity contribution in [3.8, 4) is 5.75 Å². The van der Waals surface area contributed by atoms with Crippen LogP contribution < -0.4 is 4.74 Å². The predicted octanol–water partition coefficient (Wildman–Crippen LogP) is 4.24. The van der Waals surface area contributed by atoms with Crippen LogP contribution in [0, 0.1) is 0 Å². The number of hydrogen-bond acceptors (Lipinski definition) is 2. The Bertz CT molecular complexity index is 369. The molecule has 0 aromatic heterocycles. The van der Waals surface area contributed by atoms with Crippen LogP contribution in [-0.4, -0.2) is 42.5 Å². The van der Waals surface area contributed by atoms with Gasteiger partial charge in [0, 0.05) is 5.56 Å². The number of carbonyl (C=O) groups is 1. The van der Waals surface area contributed by atoms with E-state index in [0.717, 1.165) is 12.7 Å². The molecule has 0 aliphatic rings. The van der Waals surface area contributed by atoms with Gasteiger partial charge in [0.05, 0.1) is 11.6 Å². The Labute approximate surface area is 143 Å². The predicted molar refractivity (Wildman–Crippen MR) is 82.9 cm³/mol. The third-order valence-electron chi connectivity index (χ3n) is 2.85. The zero-order valence-corrected chi connectivity index (χ0v) is 11.7. The molecule has 0 amide bonds. The van der Waals surface area contributed by atoms with E-state index in [-0.39, 0.29) is 29.6 Å². The van der Waals surface area contributed by atoms with E-state index in [1.165, 1.54) is 32.1 Å². The van der Waals surface area contributed by atoms with Crippen molar-refractivity contribution >= 4 is 47.4 Å². The summed E-state index contributed by atoms with van der Waals surface area (Å²) in [4.78, 5) is 10.6. The van der Waals surface area contributed by atoms with Crippen LogP contribution in [0.3, 0.4) is 0 Å². The molecule has 0 aliphatic carbocycles. The van der Waals surface area contributed by atoms with E-state index >= 15 is 0 Å². The number of unbranched alkanes of at least 4 members (excludes halogenated alkanes) is 5. The van der Waals surface area contributed by atoms with Gasteiger partial charge >= 0.3 is 29.6 Å². The van der Waals surface area contributed by atoms with Gasteiger partial charge in [0.25, 0.3) is 0 Å². The van der Waals surface area contributed by atoms with E-state index in [1.54, 1.807) is 18.2 Å². The van der Waals surface area contributed by atoms with Crippen molar-refractivity contribution in [2.75, 3.05) is 6.61 Å². The van der Waals surface area contributed by atoms with E-state index in [9.17, 15) is 4.79 Å². The van der Waals surface area contributed by atoms with Crippen LogP contribution in [-0.2, 0) is 0 Å². The Hall–Kier alpha value is -0.0200. The zero-order chi connectivity index (χ0) is 13.2. The third kappa shape index (κ3) is 7.98. The summed E-state index contributed by atoms with van der Waals surface area (Å²) in [5, 5.41) is 0.505. The van der Waals surface area contributed by atoms with Crippen LogP contribution in [0.25, 0.3) is 0 Å². The molecule has 0 aliphatic heterocycles. The van der Waals surface area contributed by atoms with Crippen LogP contribution in [0.2, 0.25) is 5.02 Å². The van der Waals surface area contributed by atoms with Gasteiger partial charge in [-0.15, -0.1) is 0 Å². The third-order valence-corrected chi connectivity index (χ3v) is 3.14. The quantitative estimate of drug-likeness (QED) is 0.386. The van der Waals surface area contributed by atoms with Gasteiger partial charge in [-0.1, -0.05) is 50.6 Å². The molecule has 4 heteroatoms. The number of carbonyl (C=O) groups excluding carboxylic acids is 1. The second-order valence-corrected chi connectivity index (χ2v) is 4.83. The Balaban J connectivity index is 0.00000324. The molecule has 0 spiro atoms. The molecule has 1 rings (SSSR count). The van der Waals surface area contributed by atoms with Gasteiger partial charge < -0.3 is 4.74 Å². The minimum absolute atomic E-state index is 0. The summed E-state index contributed by atoms with van der Waals surface area (Å²) in [5.41, 5.74) is 0.576. The summed E-state index contributed by atoms with van der Waals surface area (Å²) >= 11 is 6.01. The molecule has 1 aromatic rings. The minimum atomic E-state index is 0. The monoisotopic (exact) mass is 292 g/mol. The molecule has 0 saturated carbocycles. The van der Waals surface area contributed by atoms with Crippen molar-refractivity contribution in [3.63, 3.8) is 0 Å². The van der Waals surface area contributed by atoms with Gasteiger partial charge in [0.2, 0.25) is 0 Å². The molecule has 0 heterocycles. The van der Waals surface area contributed by atoms with Crippen molar-refractivity contribution in [2.45, 2.75) is 45.4 Å². The SMILES string of the molecule is CCCCCCCCOc1ccc(C=O)cc1Cl.[NaH]. The Kier molecular flexibility index (Phi) is 11.8. The first-order valence-corrected chi connectivity index (χ1v) is 7.03. The van der Waals surface area contributed by atoms with Gasteiger partial charge in [-0.25, -0.2) is 0 Å². The van der Waals surface area contributed by atoms with Crippen LogP contribution >= 0.6 is 11.6 Å². The van der Waals surface area contributed by atoms with Crippen molar-refractivity contribution in [2.24, 2.45) is 0 Å². The number of hydrogen-bond donors (Lipinski definition) is 0. The first-order chi connectivity index (χ1) is 8.77. The summed E-state index contributed by atoms with van der Waals surface area (Å²) in [6.07, 6.45) is 8.21. The fourth-order valence-corrected chi connectivity index (χ4v) is 2.02. The summed E-state index contributed by atoms with van der Waals surface area (Å²) in [5.74, 6) is 0.663. The first-order valence-electron chi connectivity index (χ1n) is 6.65. The second kappa shape index (κ2) is 11.8. The number of benzene rings is 1. The van der Waals surface area contributed by atoms with Crippen molar-refractivity contribution in [3.05, 3.63) is 28.8 Å². The average molecular weight is 293 g/mol. The molecule has 0 radical (unpaired) electrons. The molecular weight excluding hydrogens is 271 g/mol. The number of ether oxygens (including phenoxy) is 1. The van der Waals surface area contributed by atoms with Crippen molar-refractivity contribution in [1.29, 1.82) is 0 Å². The summed E-state index contributed by atoms with van der Waals surface area (Å²) < 4.78 is 5.59. The number of rotatable bonds is 9. The molecule has 0 unspecified atom stereocenters. The van der Waals surface area contributed by atoms with E-state index in [1.807, 2.05) is 0 Å². The Morgan fingerprint density at radius 3 is 2.47 bits per heavy atom. The summed E-state index contributed by atoms with van der Waals surface area (Å²) in [6.45, 7) is 2.90. The molecule has 0 atom stereocenters. The molecule has 19 heavy (non-hydrogen) atoms. The standard InChI is InChI=1S/C15H21ClO2.Na.H/c1-2-3-4-5-6-7-10-18-15-9-8-13(12-17)11-14(15)16;;/h8-9,11-12H,2-7,10H2,1H3;;. The van der Waals surface area contributed by atoms with Gasteiger partial charge in [-0.3, -0.25) is 4.79 Å². The maximum absolute atomic E-state index is 10.6. The first kappa shape index (κ1) is 19.0. The van der Waals surface area contributed by atoms with Crippen LogP contribution in [0.4, 0.5) is 0 Å². The zero-order valence-electron chi connectivity index (χ0n) is 11.0. The second-order valence-electron chi connectivity index (χ2n) is 4.42. The normalized spacial score (nSPS) is 9.79. The van der Waals surface area contributed by atoms with Crippen molar-refractivity contribution in [1.82, 2.24) is 0 Å². The van der Waals surface area contributed by atoms with Crippen LogP contribution in [0.15, 0.2) is 18.2 Å². The van der Waals surface area contributed by atoms with Gasteiger partial charge in [-0.2, -0.15) is 0 Å². The summed E-state index contributed by atoms with van der Waals surface area (Å²) in [6, 6.07) is 5.10. The molecule has 102 valence electrons. The van der Waals surface area contributed by atoms with E-state index < -0.39 is 0 Å². The van der Waals surface area contributed by atoms with E-state index in [4.69, 9.17) is 16.3 Å². The number of halogens is 1. The molecular formula is C15H22ClNaO2. The van der Waals surface area contributed by atoms with Crippen LogP contribution in [0.1, 0.15) is 55.8 Å². The molecule has 1 aromatic carbocycles. The van der Waals surface area contributed by atoms with E-state index in [2.05, 4.69) is 6.92 Å². The maximum atomic E-state index is 10.6. The molecule has 0 bridgehead atoms. The van der Waals surface area contributed by atoms with Gasteiger partial charge in [0.15, 0.2) is 0 Å². The average Bonchev–Trinajstić information content (AvgIpc) is 2.39. The van der Waals surface area contributed by atoms with Gasteiger partial charge in [-0.05, 0) is 24.6 Å². The van der Waals surface area contributed by atoms with Crippen LogP contribution in [0.5, 0.6) is 5.75 Å². The van der Waals surface area contributed by atoms with Crippen molar-refractivity contribution < 1.29 is 9.53 Å². The van der Waals surface area contributed by atoms with Gasteiger partial charge in [0.1, 0.15) is 12.0 Å². The summed E-state index contributed by atoms with van der Waals surface area (Å²) in [7, 11) is 0. The molecule has 0 saturated heterocycles. The van der Waals surface area contributed by atoms with E-state index in [0.29, 0.717) is 22.9 Å². The fourth-order valence-electron chi connectivity index (χ4n) is 1.77. The fraction of sp³-hybridized carbons (Fsp3) is 0.533. The topological polar surface area (TPSA) is 26.3 Å². The Morgan fingerprint density at radius 2 is 1.84 bits per heavy atom. The molecule has 2 nitrogen and oxygen atoms in total.